The summed E-state index contributed by atoms with van der Waals surface area (Å²) in [6, 6.07) is 8.18. The summed E-state index contributed by atoms with van der Waals surface area (Å²) in [6.07, 6.45) is 5.99. The van der Waals surface area contributed by atoms with Gasteiger partial charge in [0.2, 0.25) is 0 Å². The Morgan fingerprint density at radius 3 is 2.82 bits per heavy atom. The summed E-state index contributed by atoms with van der Waals surface area (Å²) in [5.41, 5.74) is 11.8. The molecule has 2 aliphatic rings. The summed E-state index contributed by atoms with van der Waals surface area (Å²) in [7, 11) is 2.12. The van der Waals surface area contributed by atoms with E-state index in [0.29, 0.717) is 24.6 Å². The minimum absolute atomic E-state index is 0.0887. The SMILES string of the molecule is BN1CCc2ccc(-c3cnc(N)c(C(=O)Nc4cnccc4N4CCOCC4)n3)cc2C1. The van der Waals surface area contributed by atoms with Crippen LogP contribution in [0.25, 0.3) is 11.3 Å². The molecule has 33 heavy (non-hydrogen) atoms. The van der Waals surface area contributed by atoms with Gasteiger partial charge in [-0.1, -0.05) is 12.1 Å². The van der Waals surface area contributed by atoms with Crippen molar-refractivity contribution in [3.05, 3.63) is 59.7 Å². The fourth-order valence-electron chi connectivity index (χ4n) is 4.31. The van der Waals surface area contributed by atoms with E-state index >= 15 is 0 Å². The molecule has 0 bridgehead atoms. The maximum absolute atomic E-state index is 13.2. The van der Waals surface area contributed by atoms with Gasteiger partial charge in [-0.15, -0.1) is 0 Å². The van der Waals surface area contributed by atoms with Crippen molar-refractivity contribution in [3.63, 3.8) is 0 Å². The standard InChI is InChI=1S/C23H26BN7O2/c24-31-6-4-15-1-2-16(11-17(15)14-31)18-13-27-22(25)21(28-18)23(32)29-19-12-26-5-3-20(19)30-7-9-33-10-8-30/h1-3,5,11-13H,4,6-10,14,24H2,(H2,25,27)(H,29,32). The van der Waals surface area contributed by atoms with Gasteiger partial charge in [0.1, 0.15) is 0 Å². The highest BCUT2D eigenvalue weighted by Gasteiger charge is 2.20. The molecular weight excluding hydrogens is 417 g/mol. The van der Waals surface area contributed by atoms with Gasteiger partial charge >= 0.3 is 0 Å². The van der Waals surface area contributed by atoms with Gasteiger partial charge in [-0.2, -0.15) is 0 Å². The van der Waals surface area contributed by atoms with E-state index in [9.17, 15) is 4.79 Å². The summed E-state index contributed by atoms with van der Waals surface area (Å²) in [4.78, 5) is 30.6. The number of nitrogens with one attached hydrogen (secondary N) is 1. The molecule has 0 aliphatic carbocycles. The lowest BCUT2D eigenvalue weighted by Gasteiger charge is -2.30. The molecule has 5 rings (SSSR count). The molecule has 4 heterocycles. The van der Waals surface area contributed by atoms with Crippen molar-refractivity contribution >= 4 is 31.1 Å². The van der Waals surface area contributed by atoms with E-state index in [2.05, 4.69) is 50.1 Å². The number of carbonyl (C=O) groups is 1. The third kappa shape index (κ3) is 4.53. The molecule has 1 amide bonds. The molecule has 2 aromatic heterocycles. The molecule has 10 heteroatoms. The van der Waals surface area contributed by atoms with E-state index < -0.39 is 5.91 Å². The lowest BCUT2D eigenvalue weighted by atomic mass is 9.95. The fraction of sp³-hybridized carbons (Fsp3) is 0.304. The highest BCUT2D eigenvalue weighted by Crippen LogP contribution is 2.28. The quantitative estimate of drug-likeness (QED) is 0.578. The van der Waals surface area contributed by atoms with Gasteiger partial charge in [0.05, 0.1) is 42.7 Å². The van der Waals surface area contributed by atoms with Crippen LogP contribution in [0.15, 0.2) is 42.9 Å². The first-order valence-corrected chi connectivity index (χ1v) is 11.1. The molecule has 0 spiro atoms. The van der Waals surface area contributed by atoms with Crippen molar-refractivity contribution in [1.82, 2.24) is 19.8 Å². The number of fused-ring (bicyclic) bond motifs is 1. The van der Waals surface area contributed by atoms with E-state index in [1.807, 2.05) is 12.1 Å². The molecule has 3 aromatic rings. The topological polar surface area (TPSA) is 110 Å². The zero-order valence-corrected chi connectivity index (χ0v) is 18.6. The van der Waals surface area contributed by atoms with Gasteiger partial charge in [-0.3, -0.25) is 9.78 Å². The molecule has 0 saturated carbocycles. The number of carbonyl (C=O) groups excluding carboxylic acids is 1. The molecule has 0 unspecified atom stereocenters. The van der Waals surface area contributed by atoms with E-state index in [4.69, 9.17) is 10.5 Å². The highest BCUT2D eigenvalue weighted by molar-refractivity contribution is 6.07. The van der Waals surface area contributed by atoms with Crippen LogP contribution < -0.4 is 16.0 Å². The average molecular weight is 443 g/mol. The van der Waals surface area contributed by atoms with Crippen molar-refractivity contribution < 1.29 is 9.53 Å². The second-order valence-electron chi connectivity index (χ2n) is 8.41. The van der Waals surface area contributed by atoms with Crippen LogP contribution in [-0.4, -0.2) is 66.5 Å². The summed E-state index contributed by atoms with van der Waals surface area (Å²) in [5, 5.41) is 2.93. The number of amides is 1. The zero-order valence-electron chi connectivity index (χ0n) is 18.6. The Bertz CT molecular complexity index is 1180. The Balaban J connectivity index is 1.41. The number of rotatable bonds is 4. The number of nitrogens with zero attached hydrogens (tertiary/aromatic N) is 5. The van der Waals surface area contributed by atoms with E-state index in [1.54, 1.807) is 18.6 Å². The van der Waals surface area contributed by atoms with Crippen LogP contribution in [-0.2, 0) is 17.7 Å². The third-order valence-corrected chi connectivity index (χ3v) is 6.12. The monoisotopic (exact) mass is 443 g/mol. The van der Waals surface area contributed by atoms with E-state index in [1.165, 1.54) is 11.1 Å². The molecule has 1 aromatic carbocycles. The molecular formula is C23H26BN7O2. The second-order valence-corrected chi connectivity index (χ2v) is 8.41. The maximum Gasteiger partial charge on any atom is 0.278 e. The highest BCUT2D eigenvalue weighted by atomic mass is 16.5. The molecule has 168 valence electrons. The first kappa shape index (κ1) is 21.4. The first-order chi connectivity index (χ1) is 16.1. The van der Waals surface area contributed by atoms with Crippen LogP contribution in [0.4, 0.5) is 17.2 Å². The minimum Gasteiger partial charge on any atom is -0.382 e. The number of hydrogen-bond donors (Lipinski definition) is 2. The fourth-order valence-corrected chi connectivity index (χ4v) is 4.31. The molecule has 2 aliphatic heterocycles. The predicted molar refractivity (Wildman–Crippen MR) is 130 cm³/mol. The summed E-state index contributed by atoms with van der Waals surface area (Å²) < 4.78 is 5.44. The Morgan fingerprint density at radius 1 is 1.12 bits per heavy atom. The number of hydrogen-bond acceptors (Lipinski definition) is 8. The average Bonchev–Trinajstić information content (AvgIpc) is 2.84. The van der Waals surface area contributed by atoms with Crippen molar-refractivity contribution in [3.8, 4) is 11.3 Å². The lowest BCUT2D eigenvalue weighted by Crippen LogP contribution is -2.36. The van der Waals surface area contributed by atoms with Gasteiger partial charge in [0.25, 0.3) is 5.91 Å². The molecule has 9 nitrogen and oxygen atoms in total. The van der Waals surface area contributed by atoms with Crippen molar-refractivity contribution in [2.24, 2.45) is 0 Å². The van der Waals surface area contributed by atoms with E-state index in [0.717, 1.165) is 43.9 Å². The minimum atomic E-state index is -0.415. The van der Waals surface area contributed by atoms with Gasteiger partial charge in [0.15, 0.2) is 19.5 Å². The third-order valence-electron chi connectivity index (χ3n) is 6.12. The zero-order chi connectivity index (χ0) is 22.8. The number of aromatic nitrogens is 3. The van der Waals surface area contributed by atoms with Crippen LogP contribution in [0.3, 0.4) is 0 Å². The first-order valence-electron chi connectivity index (χ1n) is 11.1. The van der Waals surface area contributed by atoms with Crippen molar-refractivity contribution in [1.29, 1.82) is 0 Å². The molecule has 0 atom stereocenters. The number of nitrogen functional groups attached to an aromatic ring is 1. The Morgan fingerprint density at radius 2 is 1.97 bits per heavy atom. The van der Waals surface area contributed by atoms with Crippen LogP contribution in [0.1, 0.15) is 21.6 Å². The number of anilines is 3. The van der Waals surface area contributed by atoms with Crippen LogP contribution in [0, 0.1) is 0 Å². The number of morpholine rings is 1. The summed E-state index contributed by atoms with van der Waals surface area (Å²) >= 11 is 0. The molecule has 1 fully saturated rings. The maximum atomic E-state index is 13.2. The number of nitrogens with two attached hydrogens (primary N) is 1. The van der Waals surface area contributed by atoms with E-state index in [-0.39, 0.29) is 11.5 Å². The second kappa shape index (κ2) is 9.17. The largest absolute Gasteiger partial charge is 0.382 e. The predicted octanol–water partition coefficient (Wildman–Crippen LogP) is 1.12. The Hall–Kier alpha value is -3.50. The van der Waals surface area contributed by atoms with Gasteiger partial charge < -0.3 is 25.5 Å². The number of ether oxygens (including phenoxy) is 1. The van der Waals surface area contributed by atoms with Crippen LogP contribution in [0.2, 0.25) is 0 Å². The summed E-state index contributed by atoms with van der Waals surface area (Å²) in [6.45, 7) is 4.73. The Labute approximate surface area is 193 Å². The van der Waals surface area contributed by atoms with Crippen molar-refractivity contribution in [2.75, 3.05) is 48.8 Å². The smallest absolute Gasteiger partial charge is 0.278 e. The van der Waals surface area contributed by atoms with Gasteiger partial charge in [-0.05, 0) is 36.2 Å². The number of pyridine rings is 1. The molecule has 0 radical (unpaired) electrons. The molecule has 1 saturated heterocycles. The summed E-state index contributed by atoms with van der Waals surface area (Å²) in [5.74, 6) is -0.326. The normalized spacial score (nSPS) is 16.3. The number of benzene rings is 1. The Kier molecular flexibility index (Phi) is 5.93. The van der Waals surface area contributed by atoms with Crippen molar-refractivity contribution in [2.45, 2.75) is 13.0 Å². The van der Waals surface area contributed by atoms with Gasteiger partial charge in [-0.25, -0.2) is 9.97 Å². The van der Waals surface area contributed by atoms with Crippen LogP contribution in [0.5, 0.6) is 0 Å². The van der Waals surface area contributed by atoms with Gasteiger partial charge in [0, 0.05) is 31.4 Å². The van der Waals surface area contributed by atoms with Crippen LogP contribution >= 0.6 is 0 Å². The lowest BCUT2D eigenvalue weighted by molar-refractivity contribution is 0.102. The molecule has 3 N–H and O–H groups in total.